The molecule has 19 heavy (non-hydrogen) atoms. The van der Waals surface area contributed by atoms with Crippen LogP contribution < -0.4 is 0 Å². The number of hydrogen-bond acceptors (Lipinski definition) is 2. The highest BCUT2D eigenvalue weighted by atomic mass is 16.3. The standard InChI is InChI=1S/C17H20O2/c1-3-13-15-6-4-11-10-12(18)5-7-14(11)17(15,2)9-8-16(13)19/h5-7,10,13,18H,3-4,8-9H2,1-2H3/t13?,17-/m0/s1. The molecule has 2 aliphatic carbocycles. The summed E-state index contributed by atoms with van der Waals surface area (Å²) in [5, 5.41) is 9.63. The molecule has 2 atom stereocenters. The van der Waals surface area contributed by atoms with Crippen molar-refractivity contribution < 1.29 is 9.90 Å². The van der Waals surface area contributed by atoms with Crippen molar-refractivity contribution in [3.63, 3.8) is 0 Å². The monoisotopic (exact) mass is 256 g/mol. The second-order valence-corrected chi connectivity index (χ2v) is 5.96. The first-order valence-corrected chi connectivity index (χ1v) is 7.12. The van der Waals surface area contributed by atoms with Gasteiger partial charge in [0.1, 0.15) is 11.5 Å². The molecule has 1 fully saturated rings. The largest absolute Gasteiger partial charge is 0.508 e. The highest BCUT2D eigenvalue weighted by Gasteiger charge is 2.44. The minimum atomic E-state index is -0.0180. The summed E-state index contributed by atoms with van der Waals surface area (Å²) in [5.41, 5.74) is 3.80. The molecular weight excluding hydrogens is 236 g/mol. The molecule has 0 bridgehead atoms. The summed E-state index contributed by atoms with van der Waals surface area (Å²) in [6.07, 6.45) is 5.53. The molecule has 0 amide bonds. The van der Waals surface area contributed by atoms with Crippen LogP contribution in [0.4, 0.5) is 0 Å². The van der Waals surface area contributed by atoms with Gasteiger partial charge in [-0.2, -0.15) is 0 Å². The SMILES string of the molecule is CCC1C(=O)CC[C@]2(C)C1=CCc1cc(O)ccc12. The van der Waals surface area contributed by atoms with E-state index in [0.717, 1.165) is 19.3 Å². The minimum absolute atomic E-state index is 0.0180. The Kier molecular flexibility index (Phi) is 2.77. The van der Waals surface area contributed by atoms with Gasteiger partial charge < -0.3 is 5.11 Å². The third kappa shape index (κ3) is 1.73. The van der Waals surface area contributed by atoms with E-state index in [-0.39, 0.29) is 11.3 Å². The molecule has 2 heteroatoms. The van der Waals surface area contributed by atoms with Gasteiger partial charge in [0.25, 0.3) is 0 Å². The maximum Gasteiger partial charge on any atom is 0.140 e. The van der Waals surface area contributed by atoms with Crippen LogP contribution in [0.2, 0.25) is 0 Å². The van der Waals surface area contributed by atoms with E-state index >= 15 is 0 Å². The normalized spacial score (nSPS) is 29.5. The number of carbonyl (C=O) groups is 1. The van der Waals surface area contributed by atoms with E-state index in [1.807, 2.05) is 12.1 Å². The minimum Gasteiger partial charge on any atom is -0.508 e. The Labute approximate surface area is 114 Å². The first-order chi connectivity index (χ1) is 9.06. The van der Waals surface area contributed by atoms with Gasteiger partial charge in [-0.15, -0.1) is 0 Å². The molecule has 0 aromatic heterocycles. The fourth-order valence-electron chi connectivity index (χ4n) is 3.86. The quantitative estimate of drug-likeness (QED) is 0.781. The molecule has 0 aliphatic heterocycles. The van der Waals surface area contributed by atoms with Crippen LogP contribution in [0.3, 0.4) is 0 Å². The summed E-state index contributed by atoms with van der Waals surface area (Å²) in [6.45, 7) is 4.35. The zero-order valence-corrected chi connectivity index (χ0v) is 11.6. The molecule has 1 aromatic rings. The fourth-order valence-corrected chi connectivity index (χ4v) is 3.86. The summed E-state index contributed by atoms with van der Waals surface area (Å²) < 4.78 is 0. The topological polar surface area (TPSA) is 37.3 Å². The predicted octanol–water partition coefficient (Wildman–Crippen LogP) is 3.52. The maximum atomic E-state index is 12.1. The Morgan fingerprint density at radius 1 is 1.42 bits per heavy atom. The Balaban J connectivity index is 2.13. The van der Waals surface area contributed by atoms with Gasteiger partial charge in [0, 0.05) is 17.8 Å². The van der Waals surface area contributed by atoms with Gasteiger partial charge in [0.05, 0.1) is 0 Å². The van der Waals surface area contributed by atoms with Crippen LogP contribution in [-0.4, -0.2) is 10.9 Å². The molecule has 0 spiro atoms. The number of carbonyl (C=O) groups excluding carboxylic acids is 1. The number of hydrogen-bond donors (Lipinski definition) is 1. The zero-order chi connectivity index (χ0) is 13.6. The van der Waals surface area contributed by atoms with E-state index in [1.54, 1.807) is 6.07 Å². The number of allylic oxidation sites excluding steroid dienone is 2. The average Bonchev–Trinajstić information content (AvgIpc) is 2.39. The lowest BCUT2D eigenvalue weighted by molar-refractivity contribution is -0.123. The van der Waals surface area contributed by atoms with Crippen LogP contribution in [0.1, 0.15) is 44.2 Å². The van der Waals surface area contributed by atoms with Gasteiger partial charge in [-0.3, -0.25) is 4.79 Å². The van der Waals surface area contributed by atoms with Crippen LogP contribution in [0.15, 0.2) is 29.8 Å². The Bertz CT molecular complexity index is 571. The lowest BCUT2D eigenvalue weighted by atomic mass is 9.59. The van der Waals surface area contributed by atoms with Crippen molar-refractivity contribution in [1.82, 2.24) is 0 Å². The predicted molar refractivity (Wildman–Crippen MR) is 75.3 cm³/mol. The summed E-state index contributed by atoms with van der Waals surface area (Å²) in [4.78, 5) is 12.1. The van der Waals surface area contributed by atoms with Crippen LogP contribution in [0, 0.1) is 5.92 Å². The van der Waals surface area contributed by atoms with Crippen molar-refractivity contribution in [3.8, 4) is 5.75 Å². The van der Waals surface area contributed by atoms with Crippen LogP contribution in [0.25, 0.3) is 0 Å². The smallest absolute Gasteiger partial charge is 0.140 e. The van der Waals surface area contributed by atoms with Crippen molar-refractivity contribution in [2.45, 2.75) is 44.9 Å². The Morgan fingerprint density at radius 3 is 2.95 bits per heavy atom. The first kappa shape index (κ1) is 12.5. The summed E-state index contributed by atoms with van der Waals surface area (Å²) in [7, 11) is 0. The molecule has 0 heterocycles. The van der Waals surface area contributed by atoms with Crippen molar-refractivity contribution in [1.29, 1.82) is 0 Å². The molecule has 1 saturated carbocycles. The highest BCUT2D eigenvalue weighted by Crippen LogP contribution is 2.49. The molecular formula is C17H20O2. The number of rotatable bonds is 1. The molecule has 0 saturated heterocycles. The molecule has 1 aromatic carbocycles. The molecule has 1 N–H and O–H groups in total. The van der Waals surface area contributed by atoms with E-state index in [0.29, 0.717) is 18.0 Å². The second-order valence-electron chi connectivity index (χ2n) is 5.96. The van der Waals surface area contributed by atoms with E-state index in [1.165, 1.54) is 16.7 Å². The maximum absolute atomic E-state index is 12.1. The number of ketones is 1. The van der Waals surface area contributed by atoms with Crippen molar-refractivity contribution in [3.05, 3.63) is 41.0 Å². The number of Topliss-reactive ketones (excluding diaryl/α,β-unsaturated/α-hetero) is 1. The summed E-state index contributed by atoms with van der Waals surface area (Å²) in [5.74, 6) is 0.826. The first-order valence-electron chi connectivity index (χ1n) is 7.12. The Hall–Kier alpha value is -1.57. The molecule has 0 radical (unpaired) electrons. The van der Waals surface area contributed by atoms with Crippen LogP contribution >= 0.6 is 0 Å². The molecule has 3 rings (SSSR count). The molecule has 1 unspecified atom stereocenters. The van der Waals surface area contributed by atoms with E-state index in [2.05, 4.69) is 19.9 Å². The zero-order valence-electron chi connectivity index (χ0n) is 11.6. The third-order valence-corrected chi connectivity index (χ3v) is 4.91. The number of fused-ring (bicyclic) bond motifs is 3. The van der Waals surface area contributed by atoms with Gasteiger partial charge in [-0.25, -0.2) is 0 Å². The fraction of sp³-hybridized carbons (Fsp3) is 0.471. The highest BCUT2D eigenvalue weighted by molar-refractivity contribution is 5.86. The van der Waals surface area contributed by atoms with Gasteiger partial charge in [-0.1, -0.05) is 31.6 Å². The van der Waals surface area contributed by atoms with Gasteiger partial charge in [0.2, 0.25) is 0 Å². The van der Waals surface area contributed by atoms with Crippen molar-refractivity contribution in [2.75, 3.05) is 0 Å². The van der Waals surface area contributed by atoms with Crippen molar-refractivity contribution >= 4 is 5.78 Å². The second kappa shape index (κ2) is 4.22. The number of phenolic OH excluding ortho intramolecular Hbond substituents is 1. The lowest BCUT2D eigenvalue weighted by Gasteiger charge is -2.44. The molecule has 100 valence electrons. The Morgan fingerprint density at radius 2 is 2.21 bits per heavy atom. The summed E-state index contributed by atoms with van der Waals surface area (Å²) in [6, 6.07) is 5.68. The van der Waals surface area contributed by atoms with Gasteiger partial charge in [-0.05, 0) is 42.5 Å². The summed E-state index contributed by atoms with van der Waals surface area (Å²) >= 11 is 0. The van der Waals surface area contributed by atoms with E-state index < -0.39 is 0 Å². The number of benzene rings is 1. The van der Waals surface area contributed by atoms with Crippen molar-refractivity contribution in [2.24, 2.45) is 5.92 Å². The van der Waals surface area contributed by atoms with Gasteiger partial charge in [0.15, 0.2) is 0 Å². The molecule has 2 nitrogen and oxygen atoms in total. The van der Waals surface area contributed by atoms with Gasteiger partial charge >= 0.3 is 0 Å². The lowest BCUT2D eigenvalue weighted by Crippen LogP contribution is -2.40. The molecule has 2 aliphatic rings. The van der Waals surface area contributed by atoms with E-state index in [9.17, 15) is 9.90 Å². The number of aromatic hydroxyl groups is 1. The van der Waals surface area contributed by atoms with Crippen LogP contribution in [-0.2, 0) is 16.6 Å². The third-order valence-electron chi connectivity index (χ3n) is 4.91. The average molecular weight is 256 g/mol. The number of phenols is 1. The van der Waals surface area contributed by atoms with E-state index in [4.69, 9.17) is 0 Å². The van der Waals surface area contributed by atoms with Crippen LogP contribution in [0.5, 0.6) is 5.75 Å².